The Morgan fingerprint density at radius 3 is 2.14 bits per heavy atom. The van der Waals surface area contributed by atoms with Gasteiger partial charge in [-0.25, -0.2) is 4.98 Å². The van der Waals surface area contributed by atoms with Crippen molar-refractivity contribution in [2.75, 3.05) is 18.1 Å². The van der Waals surface area contributed by atoms with Crippen LogP contribution >= 0.6 is 33.2 Å². The minimum Gasteiger partial charge on any atom is -0.506 e. The number of amides is 8. The number of aromatic amines is 1. The van der Waals surface area contributed by atoms with Gasteiger partial charge in [0.1, 0.15) is 48.0 Å². The molecule has 0 radical (unpaired) electrons. The Labute approximate surface area is 428 Å². The zero-order valence-corrected chi connectivity index (χ0v) is 42.4. The quantitative estimate of drug-likeness (QED) is 0.0901. The fraction of sp³-hybridized carbons (Fsp3) is 0.489. The molecule has 1 aromatic heterocycles. The summed E-state index contributed by atoms with van der Waals surface area (Å²) in [5.41, 5.74) is 1.48. The fourth-order valence-corrected chi connectivity index (χ4v) is 10.7. The highest BCUT2D eigenvalue weighted by Gasteiger charge is 2.43. The standard InChI is InChI=1S/C47H61ClN10O12S2/c1-24(2)12-32-41(64)51-25(3)21-71-72-22-37(57-44(67)35(16-29-19-49-23-50-29)54-42(65)33(52-26(4)59)14-27-8-6-5-7-9-27)47(70)58-20-30(60)17-38(58)46(69)56-34(15-28-10-11-39(61)31(48)13-28)43(66)55-36(18-40(62)63)45(68)53-32/h5-11,13,19,23-25,30,32-38,60-61H,12,14-18,20-22H2,1-4H3,(H,49,50)(H,51,64)(H,52,59)(H,53,68)(H,54,65)(H,55,66)(H,56,69)(H,57,67)(H,62,63)/t25-,30?,32+,33+,34+,35+,36+,37+,38?/m1/s1. The lowest BCUT2D eigenvalue weighted by molar-refractivity contribution is -0.142. The number of H-pyrrole nitrogens is 1. The van der Waals surface area contributed by atoms with Crippen LogP contribution in [0.2, 0.25) is 5.02 Å². The number of aliphatic hydroxyl groups excluding tert-OH is 1. The van der Waals surface area contributed by atoms with E-state index < -0.39 is 114 Å². The van der Waals surface area contributed by atoms with Crippen molar-refractivity contribution in [3.8, 4) is 5.75 Å². The number of aliphatic carboxylic acids is 1. The van der Waals surface area contributed by atoms with Crippen LogP contribution in [0.4, 0.5) is 0 Å². The van der Waals surface area contributed by atoms with Crippen LogP contribution in [0.1, 0.15) is 63.8 Å². The first-order valence-electron chi connectivity index (χ1n) is 23.2. The van der Waals surface area contributed by atoms with Crippen molar-refractivity contribution in [2.24, 2.45) is 5.92 Å². The maximum Gasteiger partial charge on any atom is 0.305 e. The first-order chi connectivity index (χ1) is 34.2. The van der Waals surface area contributed by atoms with Gasteiger partial charge in [-0.05, 0) is 42.5 Å². The maximum absolute atomic E-state index is 14.8. The molecule has 2 aliphatic heterocycles. The number of aliphatic hydroxyl groups is 1. The minimum atomic E-state index is -1.74. The average Bonchev–Trinajstić information content (AvgIpc) is 3.99. The minimum absolute atomic E-state index is 0.0837. The summed E-state index contributed by atoms with van der Waals surface area (Å²) in [5, 5.41) is 49.4. The van der Waals surface area contributed by atoms with E-state index in [-0.39, 0.29) is 66.8 Å². The van der Waals surface area contributed by atoms with E-state index >= 15 is 0 Å². The Kier molecular flexibility index (Phi) is 21.1. The number of fused-ring (bicyclic) bond motifs is 1. The lowest BCUT2D eigenvalue weighted by Gasteiger charge is -2.31. The molecule has 0 bridgehead atoms. The number of aromatic nitrogens is 2. The second-order valence-corrected chi connectivity index (χ2v) is 21.1. The van der Waals surface area contributed by atoms with Crippen LogP contribution in [-0.4, -0.2) is 156 Å². The molecule has 3 heterocycles. The molecule has 25 heteroatoms. The van der Waals surface area contributed by atoms with Gasteiger partial charge in [0.15, 0.2) is 0 Å². The Hall–Kier alpha value is -6.37. The third-order valence-electron chi connectivity index (χ3n) is 11.5. The van der Waals surface area contributed by atoms with Crippen molar-refractivity contribution in [3.63, 3.8) is 0 Å². The summed E-state index contributed by atoms with van der Waals surface area (Å²) in [6.07, 6.45) is 0.117. The van der Waals surface area contributed by atoms with Crippen molar-refractivity contribution in [3.05, 3.63) is 82.9 Å². The number of carboxylic acids is 1. The molecule has 2 unspecified atom stereocenters. The second kappa shape index (κ2) is 26.9. The number of halogens is 1. The summed E-state index contributed by atoms with van der Waals surface area (Å²) in [5.74, 6) is -8.12. The molecule has 0 aliphatic carbocycles. The molecule has 2 aliphatic rings. The summed E-state index contributed by atoms with van der Waals surface area (Å²) in [6, 6.07) is 2.55. The van der Waals surface area contributed by atoms with E-state index in [1.54, 1.807) is 37.3 Å². The second-order valence-electron chi connectivity index (χ2n) is 18.1. The van der Waals surface area contributed by atoms with Crippen molar-refractivity contribution >= 4 is 86.4 Å². The molecule has 2 aromatic carbocycles. The number of carbonyl (C=O) groups excluding carboxylic acids is 8. The number of phenolic OH excluding ortho intramolecular Hbond substituents is 1. The van der Waals surface area contributed by atoms with Gasteiger partial charge in [-0.3, -0.25) is 43.2 Å². The molecule has 8 amide bonds. The van der Waals surface area contributed by atoms with Gasteiger partial charge in [0.25, 0.3) is 0 Å². The van der Waals surface area contributed by atoms with Crippen LogP contribution in [0.5, 0.6) is 5.75 Å². The van der Waals surface area contributed by atoms with Gasteiger partial charge in [-0.15, -0.1) is 0 Å². The summed E-state index contributed by atoms with van der Waals surface area (Å²) in [6.45, 7) is 6.21. The number of nitrogens with zero attached hydrogens (tertiary/aromatic N) is 2. The Morgan fingerprint density at radius 2 is 1.49 bits per heavy atom. The van der Waals surface area contributed by atoms with Crippen molar-refractivity contribution in [1.29, 1.82) is 0 Å². The number of rotatable bonds is 15. The summed E-state index contributed by atoms with van der Waals surface area (Å²) in [7, 11) is 2.38. The summed E-state index contributed by atoms with van der Waals surface area (Å²) >= 11 is 6.18. The zero-order valence-electron chi connectivity index (χ0n) is 40.0. The number of hydrogen-bond acceptors (Lipinski definition) is 14. The Morgan fingerprint density at radius 1 is 0.833 bits per heavy atom. The number of benzene rings is 2. The molecule has 2 fully saturated rings. The molecule has 5 rings (SSSR count). The van der Waals surface area contributed by atoms with Crippen LogP contribution in [0, 0.1) is 5.92 Å². The van der Waals surface area contributed by atoms with Crippen LogP contribution in [0.25, 0.3) is 0 Å². The zero-order chi connectivity index (χ0) is 52.6. The molecule has 2 saturated heterocycles. The molecule has 390 valence electrons. The van der Waals surface area contributed by atoms with Crippen molar-refractivity contribution < 1.29 is 58.5 Å². The molecule has 0 saturated carbocycles. The number of carbonyl (C=O) groups is 9. The van der Waals surface area contributed by atoms with E-state index in [1.165, 1.54) is 48.4 Å². The highest BCUT2D eigenvalue weighted by molar-refractivity contribution is 8.76. The Balaban J connectivity index is 1.50. The summed E-state index contributed by atoms with van der Waals surface area (Å²) in [4.78, 5) is 132. The molecule has 9 atom stereocenters. The van der Waals surface area contributed by atoms with Gasteiger partial charge in [-0.1, -0.05) is 83.4 Å². The monoisotopic (exact) mass is 1060 g/mol. The van der Waals surface area contributed by atoms with E-state index in [0.29, 0.717) is 11.3 Å². The summed E-state index contributed by atoms with van der Waals surface area (Å²) < 4.78 is 0. The molecular formula is C47H61ClN10O12S2. The highest BCUT2D eigenvalue weighted by Crippen LogP contribution is 2.27. The van der Waals surface area contributed by atoms with E-state index in [9.17, 15) is 58.5 Å². The molecule has 3 aromatic rings. The van der Waals surface area contributed by atoms with Crippen LogP contribution < -0.4 is 37.2 Å². The predicted molar refractivity (Wildman–Crippen MR) is 267 cm³/mol. The van der Waals surface area contributed by atoms with Crippen molar-refractivity contribution in [2.45, 2.75) is 121 Å². The third kappa shape index (κ3) is 17.2. The number of aromatic hydroxyl groups is 1. The average molecular weight is 1060 g/mol. The first kappa shape index (κ1) is 56.5. The van der Waals surface area contributed by atoms with Gasteiger partial charge in [0.2, 0.25) is 47.3 Å². The topological polar surface area (TPSA) is 330 Å². The molecule has 72 heavy (non-hydrogen) atoms. The van der Waals surface area contributed by atoms with E-state index in [4.69, 9.17) is 11.6 Å². The largest absolute Gasteiger partial charge is 0.506 e. The lowest BCUT2D eigenvalue weighted by Crippen LogP contribution is -2.61. The van der Waals surface area contributed by atoms with Gasteiger partial charge in [0, 0.05) is 68.6 Å². The van der Waals surface area contributed by atoms with Crippen molar-refractivity contribution in [1.82, 2.24) is 52.1 Å². The SMILES string of the molecule is CC(=O)N[C@@H](Cc1ccccc1)C(=O)N[C@@H](Cc1cnc[nH]1)C(=O)N[C@H]1CSSC[C@@H](C)NC(=O)[C@H](CC(C)C)NC(=O)[C@H](CC(=O)O)NC(=O)[C@H](Cc2ccc(O)c(Cl)c2)NC(=O)C2CC(O)CN2C1=O. The van der Waals surface area contributed by atoms with E-state index in [0.717, 1.165) is 21.3 Å². The van der Waals surface area contributed by atoms with Gasteiger partial charge >= 0.3 is 5.97 Å². The number of imidazole rings is 1. The smallest absolute Gasteiger partial charge is 0.305 e. The number of phenols is 1. The highest BCUT2D eigenvalue weighted by atomic mass is 35.5. The number of hydrogen-bond donors (Lipinski definition) is 11. The molecule has 0 spiro atoms. The van der Waals surface area contributed by atoms with E-state index in [2.05, 4.69) is 47.2 Å². The maximum atomic E-state index is 14.8. The number of nitrogens with one attached hydrogen (secondary N) is 8. The molecule has 22 nitrogen and oxygen atoms in total. The lowest BCUT2D eigenvalue weighted by atomic mass is 10.0. The first-order valence-corrected chi connectivity index (χ1v) is 26.1. The van der Waals surface area contributed by atoms with E-state index in [1.807, 2.05) is 13.8 Å². The van der Waals surface area contributed by atoms with Crippen LogP contribution in [-0.2, 0) is 62.4 Å². The fourth-order valence-electron chi connectivity index (χ4n) is 8.03. The predicted octanol–water partition coefficient (Wildman–Crippen LogP) is 0.108. The normalized spacial score (nSPS) is 23.6. The molecular weight excluding hydrogens is 996 g/mol. The third-order valence-corrected chi connectivity index (χ3v) is 14.4. The van der Waals surface area contributed by atoms with Crippen LogP contribution in [0.15, 0.2) is 61.1 Å². The van der Waals surface area contributed by atoms with Gasteiger partial charge in [0.05, 0.1) is 23.9 Å². The number of carboxylic acid groups (broad SMARTS) is 1. The molecule has 11 N–H and O–H groups in total. The van der Waals surface area contributed by atoms with Gasteiger partial charge < -0.3 is 62.4 Å². The Bertz CT molecular complexity index is 2420. The van der Waals surface area contributed by atoms with Crippen LogP contribution in [0.3, 0.4) is 0 Å². The van der Waals surface area contributed by atoms with Gasteiger partial charge in [-0.2, -0.15) is 0 Å².